The van der Waals surface area contributed by atoms with E-state index >= 15 is 0 Å². The number of nitrogens with zero attached hydrogens (tertiary/aromatic N) is 1. The Balaban J connectivity index is 1.34. The molecule has 2 amide bonds. The Morgan fingerprint density at radius 3 is 2.53 bits per heavy atom. The lowest BCUT2D eigenvalue weighted by molar-refractivity contribution is -0.132. The number of aryl methyl sites for hydroxylation is 1. The van der Waals surface area contributed by atoms with Gasteiger partial charge in [-0.3, -0.25) is 9.59 Å². The monoisotopic (exact) mass is 410 g/mol. The van der Waals surface area contributed by atoms with Gasteiger partial charge < -0.3 is 19.7 Å². The molecule has 1 aliphatic rings. The van der Waals surface area contributed by atoms with Crippen LogP contribution >= 0.6 is 0 Å². The van der Waals surface area contributed by atoms with E-state index in [-0.39, 0.29) is 11.8 Å². The highest BCUT2D eigenvalue weighted by Gasteiger charge is 2.19. The van der Waals surface area contributed by atoms with E-state index in [2.05, 4.69) is 17.4 Å². The number of hydrogen-bond acceptors (Lipinski definition) is 4. The van der Waals surface area contributed by atoms with Crippen molar-refractivity contribution in [2.45, 2.75) is 38.6 Å². The summed E-state index contributed by atoms with van der Waals surface area (Å²) in [4.78, 5) is 26.5. The Morgan fingerprint density at radius 1 is 1.00 bits per heavy atom. The number of fused-ring (bicyclic) bond motifs is 1. The van der Waals surface area contributed by atoms with Gasteiger partial charge in [-0.25, -0.2) is 0 Å². The van der Waals surface area contributed by atoms with E-state index in [9.17, 15) is 9.59 Å². The minimum atomic E-state index is -0.0101. The second kappa shape index (κ2) is 10.7. The largest absolute Gasteiger partial charge is 0.493 e. The van der Waals surface area contributed by atoms with Crippen LogP contribution in [-0.4, -0.2) is 44.0 Å². The third kappa shape index (κ3) is 5.75. The van der Waals surface area contributed by atoms with Crippen molar-refractivity contribution in [3.63, 3.8) is 0 Å². The molecule has 2 aromatic carbocycles. The van der Waals surface area contributed by atoms with Crippen LogP contribution in [-0.2, 0) is 29.0 Å². The molecule has 1 N–H and O–H groups in total. The highest BCUT2D eigenvalue weighted by Crippen LogP contribution is 2.28. The lowest BCUT2D eigenvalue weighted by Gasteiger charge is -2.29. The smallest absolute Gasteiger partial charge is 0.222 e. The maximum Gasteiger partial charge on any atom is 0.222 e. The molecule has 6 heteroatoms. The number of carbonyl (C=O) groups excluding carboxylic acids is 2. The van der Waals surface area contributed by atoms with Gasteiger partial charge in [0, 0.05) is 32.5 Å². The predicted octanol–water partition coefficient (Wildman–Crippen LogP) is 3.12. The molecule has 0 saturated carbocycles. The minimum absolute atomic E-state index is 0.0101. The zero-order chi connectivity index (χ0) is 21.3. The molecular formula is C24H30N2O4. The lowest BCUT2D eigenvalue weighted by atomic mass is 9.99. The second-order valence-corrected chi connectivity index (χ2v) is 7.48. The highest BCUT2D eigenvalue weighted by atomic mass is 16.5. The van der Waals surface area contributed by atoms with Crippen molar-refractivity contribution in [1.82, 2.24) is 10.2 Å². The third-order valence-corrected chi connectivity index (χ3v) is 5.46. The highest BCUT2D eigenvalue weighted by molar-refractivity contribution is 5.77. The van der Waals surface area contributed by atoms with Gasteiger partial charge in [0.15, 0.2) is 11.5 Å². The summed E-state index contributed by atoms with van der Waals surface area (Å²) in [6.07, 6.45) is 3.04. The molecular weight excluding hydrogens is 380 g/mol. The molecule has 2 aromatic rings. The van der Waals surface area contributed by atoms with Gasteiger partial charge in [0.05, 0.1) is 14.2 Å². The number of ether oxygens (including phenoxy) is 2. The molecule has 6 nitrogen and oxygen atoms in total. The molecule has 0 unspecified atom stereocenters. The Bertz CT molecular complexity index is 881. The molecule has 0 aromatic heterocycles. The molecule has 0 bridgehead atoms. The first-order chi connectivity index (χ1) is 14.6. The summed E-state index contributed by atoms with van der Waals surface area (Å²) in [6, 6.07) is 14.0. The van der Waals surface area contributed by atoms with Crippen LogP contribution in [0.2, 0.25) is 0 Å². The molecule has 3 rings (SSSR count). The summed E-state index contributed by atoms with van der Waals surface area (Å²) >= 11 is 0. The van der Waals surface area contributed by atoms with Crippen LogP contribution in [0.1, 0.15) is 36.0 Å². The van der Waals surface area contributed by atoms with Crippen LogP contribution in [0.5, 0.6) is 11.5 Å². The summed E-state index contributed by atoms with van der Waals surface area (Å²) in [7, 11) is 3.19. The van der Waals surface area contributed by atoms with Gasteiger partial charge in [0.25, 0.3) is 0 Å². The molecule has 0 fully saturated rings. The zero-order valence-corrected chi connectivity index (χ0v) is 17.8. The maximum absolute atomic E-state index is 12.5. The number of hydrogen-bond donors (Lipinski definition) is 1. The maximum atomic E-state index is 12.5. The van der Waals surface area contributed by atoms with Crippen molar-refractivity contribution < 1.29 is 19.1 Å². The van der Waals surface area contributed by atoms with Crippen LogP contribution in [0.25, 0.3) is 0 Å². The van der Waals surface area contributed by atoms with Crippen molar-refractivity contribution in [3.05, 3.63) is 59.2 Å². The van der Waals surface area contributed by atoms with Crippen LogP contribution in [0.15, 0.2) is 42.5 Å². The van der Waals surface area contributed by atoms with Crippen LogP contribution in [0.3, 0.4) is 0 Å². The van der Waals surface area contributed by atoms with Gasteiger partial charge in [0.2, 0.25) is 11.8 Å². The minimum Gasteiger partial charge on any atom is -0.493 e. The first-order valence-electron chi connectivity index (χ1n) is 10.4. The fourth-order valence-electron chi connectivity index (χ4n) is 3.72. The summed E-state index contributed by atoms with van der Waals surface area (Å²) in [5.74, 6) is 1.48. The Morgan fingerprint density at radius 2 is 1.77 bits per heavy atom. The van der Waals surface area contributed by atoms with Crippen LogP contribution in [0, 0.1) is 0 Å². The SMILES string of the molecule is COc1ccc(CCC(=O)NCCCC(=O)N2CCc3ccccc3C2)cc1OC. The van der Waals surface area contributed by atoms with Crippen molar-refractivity contribution >= 4 is 11.8 Å². The van der Waals surface area contributed by atoms with Gasteiger partial charge in [-0.05, 0) is 48.1 Å². The van der Waals surface area contributed by atoms with Crippen molar-refractivity contribution in [2.75, 3.05) is 27.3 Å². The van der Waals surface area contributed by atoms with Crippen molar-refractivity contribution in [2.24, 2.45) is 0 Å². The Kier molecular flexibility index (Phi) is 7.71. The fourth-order valence-corrected chi connectivity index (χ4v) is 3.72. The van der Waals surface area contributed by atoms with Crippen molar-refractivity contribution in [3.8, 4) is 11.5 Å². The van der Waals surface area contributed by atoms with Gasteiger partial charge in [-0.2, -0.15) is 0 Å². The lowest BCUT2D eigenvalue weighted by Crippen LogP contribution is -2.36. The van der Waals surface area contributed by atoms with Crippen LogP contribution in [0.4, 0.5) is 0 Å². The topological polar surface area (TPSA) is 67.9 Å². The van der Waals surface area contributed by atoms with Gasteiger partial charge in [-0.1, -0.05) is 30.3 Å². The summed E-state index contributed by atoms with van der Waals surface area (Å²) in [6.45, 7) is 1.97. The van der Waals surface area contributed by atoms with Gasteiger partial charge in [-0.15, -0.1) is 0 Å². The summed E-state index contributed by atoms with van der Waals surface area (Å²) < 4.78 is 10.5. The van der Waals surface area contributed by atoms with E-state index in [0.29, 0.717) is 50.3 Å². The van der Waals surface area contributed by atoms with E-state index in [1.54, 1.807) is 14.2 Å². The van der Waals surface area contributed by atoms with E-state index in [0.717, 1.165) is 18.5 Å². The molecule has 1 heterocycles. The number of nitrogens with one attached hydrogen (secondary N) is 1. The van der Waals surface area contributed by atoms with Crippen LogP contribution < -0.4 is 14.8 Å². The molecule has 0 spiro atoms. The quantitative estimate of drug-likeness (QED) is 0.645. The Hall–Kier alpha value is -3.02. The summed E-state index contributed by atoms with van der Waals surface area (Å²) in [5, 5.41) is 2.91. The third-order valence-electron chi connectivity index (χ3n) is 5.46. The fraction of sp³-hybridized carbons (Fsp3) is 0.417. The van der Waals surface area contributed by atoms with Gasteiger partial charge >= 0.3 is 0 Å². The zero-order valence-electron chi connectivity index (χ0n) is 17.8. The molecule has 1 aliphatic heterocycles. The molecule has 0 saturated heterocycles. The molecule has 0 aliphatic carbocycles. The normalized spacial score (nSPS) is 12.8. The average molecular weight is 411 g/mol. The molecule has 0 radical (unpaired) electrons. The first kappa shape index (κ1) is 21.7. The average Bonchev–Trinajstić information content (AvgIpc) is 2.79. The van der Waals surface area contributed by atoms with Crippen molar-refractivity contribution in [1.29, 1.82) is 0 Å². The Labute approximate surface area is 178 Å². The van der Waals surface area contributed by atoms with E-state index in [1.165, 1.54) is 11.1 Å². The number of carbonyl (C=O) groups is 2. The molecule has 30 heavy (non-hydrogen) atoms. The number of methoxy groups -OCH3 is 2. The number of benzene rings is 2. The van der Waals surface area contributed by atoms with E-state index < -0.39 is 0 Å². The molecule has 160 valence electrons. The standard InChI is InChI=1S/C24H30N2O4/c1-29-21-11-9-18(16-22(21)30-2)10-12-23(27)25-14-5-8-24(28)26-15-13-19-6-3-4-7-20(19)17-26/h3-4,6-7,9,11,16H,5,8,10,12-15,17H2,1-2H3,(H,25,27). The first-order valence-corrected chi connectivity index (χ1v) is 10.4. The number of rotatable bonds is 9. The second-order valence-electron chi connectivity index (χ2n) is 7.48. The summed E-state index contributed by atoms with van der Waals surface area (Å²) in [5.41, 5.74) is 3.59. The number of amides is 2. The van der Waals surface area contributed by atoms with E-state index in [4.69, 9.17) is 9.47 Å². The van der Waals surface area contributed by atoms with Gasteiger partial charge in [0.1, 0.15) is 0 Å². The van der Waals surface area contributed by atoms with E-state index in [1.807, 2.05) is 35.2 Å². The molecule has 0 atom stereocenters. The predicted molar refractivity (Wildman–Crippen MR) is 116 cm³/mol.